The number of benzene rings is 2. The van der Waals surface area contributed by atoms with E-state index in [9.17, 15) is 14.4 Å². The van der Waals surface area contributed by atoms with Crippen molar-refractivity contribution in [3.05, 3.63) is 105 Å². The largest absolute Gasteiger partial charge is 0.467 e. The topological polar surface area (TPSA) is 133 Å². The molecule has 0 fully saturated rings. The number of furan rings is 1. The van der Waals surface area contributed by atoms with Crippen molar-refractivity contribution in [2.45, 2.75) is 13.1 Å². The maximum atomic E-state index is 13.6. The van der Waals surface area contributed by atoms with E-state index in [1.54, 1.807) is 24.3 Å². The summed E-state index contributed by atoms with van der Waals surface area (Å²) in [5.41, 5.74) is 5.77. The number of aromatic amines is 1. The molecule has 10 heteroatoms. The number of aromatic nitrogens is 2. The number of ether oxygens (including phenoxy) is 2. The van der Waals surface area contributed by atoms with Crippen molar-refractivity contribution < 1.29 is 18.7 Å². The number of nitrogens with one attached hydrogen (secondary N) is 1. The monoisotopic (exact) mass is 460 g/mol. The van der Waals surface area contributed by atoms with Gasteiger partial charge in [-0.3, -0.25) is 24.0 Å². The van der Waals surface area contributed by atoms with Gasteiger partial charge in [0.25, 0.3) is 11.5 Å². The van der Waals surface area contributed by atoms with Crippen molar-refractivity contribution in [1.29, 1.82) is 0 Å². The van der Waals surface area contributed by atoms with Gasteiger partial charge in [-0.05, 0) is 35.9 Å². The number of carbonyl (C=O) groups excluding carboxylic acids is 1. The molecule has 4 aromatic rings. The molecule has 2 aromatic carbocycles. The molecule has 3 N–H and O–H groups in total. The molecule has 1 aliphatic rings. The molecule has 0 saturated carbocycles. The van der Waals surface area contributed by atoms with Gasteiger partial charge in [-0.15, -0.1) is 0 Å². The van der Waals surface area contributed by atoms with Gasteiger partial charge in [-0.1, -0.05) is 30.3 Å². The molecule has 0 bridgehead atoms. The van der Waals surface area contributed by atoms with E-state index in [4.69, 9.17) is 19.6 Å². The zero-order chi connectivity index (χ0) is 23.7. The predicted molar refractivity (Wildman–Crippen MR) is 123 cm³/mol. The average molecular weight is 460 g/mol. The van der Waals surface area contributed by atoms with Gasteiger partial charge < -0.3 is 19.6 Å². The summed E-state index contributed by atoms with van der Waals surface area (Å²) >= 11 is 0. The van der Waals surface area contributed by atoms with Crippen LogP contribution in [0.1, 0.15) is 21.7 Å². The Morgan fingerprint density at radius 1 is 1.03 bits per heavy atom. The highest BCUT2D eigenvalue weighted by Crippen LogP contribution is 2.33. The van der Waals surface area contributed by atoms with E-state index in [0.29, 0.717) is 17.3 Å². The minimum Gasteiger partial charge on any atom is -0.467 e. The van der Waals surface area contributed by atoms with Gasteiger partial charge in [0.15, 0.2) is 17.2 Å². The van der Waals surface area contributed by atoms with Gasteiger partial charge in [-0.25, -0.2) is 4.79 Å². The molecule has 3 heterocycles. The maximum absolute atomic E-state index is 13.6. The van der Waals surface area contributed by atoms with Crippen molar-refractivity contribution in [3.8, 4) is 11.5 Å². The summed E-state index contributed by atoms with van der Waals surface area (Å²) < 4.78 is 17.3. The summed E-state index contributed by atoms with van der Waals surface area (Å²) in [5.74, 6) is 0.686. The summed E-state index contributed by atoms with van der Waals surface area (Å²) in [5, 5.41) is 0. The standard InChI is InChI=1S/C24H20N4O6/c25-21-20(22(29)26-24(31)28(21)12-15-5-2-1-3-6-15)27(13-17-7-4-10-32-17)23(30)16-8-9-18-19(11-16)34-14-33-18/h1-11H,12-14,25H2,(H,26,29,31). The van der Waals surface area contributed by atoms with Gasteiger partial charge >= 0.3 is 5.69 Å². The Morgan fingerprint density at radius 2 is 1.82 bits per heavy atom. The maximum Gasteiger partial charge on any atom is 0.330 e. The zero-order valence-corrected chi connectivity index (χ0v) is 17.9. The van der Waals surface area contributed by atoms with Crippen molar-refractivity contribution in [1.82, 2.24) is 9.55 Å². The highest BCUT2D eigenvalue weighted by molar-refractivity contribution is 6.07. The lowest BCUT2D eigenvalue weighted by Gasteiger charge is -2.24. The molecular formula is C24H20N4O6. The molecule has 172 valence electrons. The third kappa shape index (κ3) is 3.92. The van der Waals surface area contributed by atoms with Gasteiger partial charge in [0.2, 0.25) is 6.79 Å². The first-order valence-corrected chi connectivity index (χ1v) is 10.4. The van der Waals surface area contributed by atoms with E-state index in [2.05, 4.69) is 4.98 Å². The number of nitrogen functional groups attached to an aromatic ring is 1. The summed E-state index contributed by atoms with van der Waals surface area (Å²) in [6.45, 7) is 0.0827. The number of nitrogens with two attached hydrogens (primary N) is 1. The second-order valence-corrected chi connectivity index (χ2v) is 7.60. The van der Waals surface area contributed by atoms with Crippen molar-refractivity contribution in [2.24, 2.45) is 0 Å². The Morgan fingerprint density at radius 3 is 2.59 bits per heavy atom. The molecule has 5 rings (SSSR count). The van der Waals surface area contributed by atoms with Crippen LogP contribution >= 0.6 is 0 Å². The zero-order valence-electron chi connectivity index (χ0n) is 17.9. The second-order valence-electron chi connectivity index (χ2n) is 7.60. The lowest BCUT2D eigenvalue weighted by atomic mass is 10.1. The van der Waals surface area contributed by atoms with Crippen LogP contribution in [0.2, 0.25) is 0 Å². The molecule has 10 nitrogen and oxygen atoms in total. The lowest BCUT2D eigenvalue weighted by Crippen LogP contribution is -2.41. The number of carbonyl (C=O) groups is 1. The minimum atomic E-state index is -0.785. The number of fused-ring (bicyclic) bond motifs is 1. The first-order chi connectivity index (χ1) is 16.5. The van der Waals surface area contributed by atoms with Crippen molar-refractivity contribution in [3.63, 3.8) is 0 Å². The number of H-pyrrole nitrogens is 1. The molecule has 0 saturated heterocycles. The second kappa shape index (κ2) is 8.66. The summed E-state index contributed by atoms with van der Waals surface area (Å²) in [6.07, 6.45) is 1.46. The number of hydrogen-bond donors (Lipinski definition) is 2. The number of anilines is 2. The summed E-state index contributed by atoms with van der Waals surface area (Å²) in [7, 11) is 0. The van der Waals surface area contributed by atoms with E-state index in [1.165, 1.54) is 21.8 Å². The fraction of sp³-hybridized carbons (Fsp3) is 0.125. The van der Waals surface area contributed by atoms with E-state index < -0.39 is 17.2 Å². The van der Waals surface area contributed by atoms with Crippen LogP contribution in [0.15, 0.2) is 80.9 Å². The number of amides is 1. The van der Waals surface area contributed by atoms with Crippen LogP contribution < -0.4 is 31.4 Å². The number of nitrogens with zero attached hydrogens (tertiary/aromatic N) is 2. The van der Waals surface area contributed by atoms with Crippen LogP contribution in [0.3, 0.4) is 0 Å². The van der Waals surface area contributed by atoms with Crippen molar-refractivity contribution in [2.75, 3.05) is 17.4 Å². The van der Waals surface area contributed by atoms with Crippen LogP contribution in [-0.2, 0) is 13.1 Å². The van der Waals surface area contributed by atoms with E-state index in [1.807, 2.05) is 30.3 Å². The average Bonchev–Trinajstić information content (AvgIpc) is 3.52. The van der Waals surface area contributed by atoms with E-state index >= 15 is 0 Å². The Hall–Kier alpha value is -4.73. The Bertz CT molecular complexity index is 1460. The molecule has 34 heavy (non-hydrogen) atoms. The third-order valence-corrected chi connectivity index (χ3v) is 5.43. The third-order valence-electron chi connectivity index (χ3n) is 5.43. The van der Waals surface area contributed by atoms with Crippen LogP contribution in [0.5, 0.6) is 11.5 Å². The van der Waals surface area contributed by atoms with Gasteiger partial charge in [0.05, 0.1) is 19.4 Å². The van der Waals surface area contributed by atoms with Crippen LogP contribution in [0.4, 0.5) is 11.5 Å². The van der Waals surface area contributed by atoms with Crippen molar-refractivity contribution >= 4 is 17.4 Å². The Balaban J connectivity index is 1.61. The SMILES string of the molecule is Nc1c(N(Cc2ccco2)C(=O)c2ccc3c(c2)OCO3)c(=O)[nH]c(=O)n1Cc1ccccc1. The van der Waals surface area contributed by atoms with Gasteiger partial charge in [0, 0.05) is 5.56 Å². The molecule has 0 aliphatic carbocycles. The first-order valence-electron chi connectivity index (χ1n) is 10.4. The summed E-state index contributed by atoms with van der Waals surface area (Å²) in [6, 6.07) is 17.2. The Labute approximate surface area is 192 Å². The lowest BCUT2D eigenvalue weighted by molar-refractivity contribution is 0.0982. The van der Waals surface area contributed by atoms with E-state index in [0.717, 1.165) is 5.56 Å². The molecule has 1 amide bonds. The molecule has 1 aliphatic heterocycles. The fourth-order valence-corrected chi connectivity index (χ4v) is 3.76. The fourth-order valence-electron chi connectivity index (χ4n) is 3.76. The number of rotatable bonds is 6. The Kier molecular flexibility index (Phi) is 5.38. The first kappa shape index (κ1) is 21.1. The molecule has 0 radical (unpaired) electrons. The highest BCUT2D eigenvalue weighted by Gasteiger charge is 2.28. The molecule has 0 spiro atoms. The molecular weight excluding hydrogens is 440 g/mol. The number of hydrogen-bond acceptors (Lipinski definition) is 7. The molecule has 0 unspecified atom stereocenters. The smallest absolute Gasteiger partial charge is 0.330 e. The van der Waals surface area contributed by atoms with Crippen LogP contribution in [0, 0.1) is 0 Å². The predicted octanol–water partition coefficient (Wildman–Crippen LogP) is 2.34. The quantitative estimate of drug-likeness (QED) is 0.451. The molecule has 0 atom stereocenters. The summed E-state index contributed by atoms with van der Waals surface area (Å²) in [4.78, 5) is 42.6. The van der Waals surface area contributed by atoms with Crippen LogP contribution in [0.25, 0.3) is 0 Å². The minimum absolute atomic E-state index is 0.0557. The molecule has 2 aromatic heterocycles. The normalized spacial score (nSPS) is 12.0. The highest BCUT2D eigenvalue weighted by atomic mass is 16.7. The van der Waals surface area contributed by atoms with Crippen LogP contribution in [-0.4, -0.2) is 22.3 Å². The van der Waals surface area contributed by atoms with Gasteiger partial charge in [0.1, 0.15) is 11.6 Å². The van der Waals surface area contributed by atoms with E-state index in [-0.39, 0.29) is 37.0 Å². The van der Waals surface area contributed by atoms with Gasteiger partial charge in [-0.2, -0.15) is 0 Å².